The van der Waals surface area contributed by atoms with Crippen LogP contribution in [0.25, 0.3) is 0 Å². The predicted molar refractivity (Wildman–Crippen MR) is 82.7 cm³/mol. The summed E-state index contributed by atoms with van der Waals surface area (Å²) in [6.07, 6.45) is 2.25. The van der Waals surface area contributed by atoms with E-state index in [1.54, 1.807) is 24.3 Å². The third kappa shape index (κ3) is 5.59. The van der Waals surface area contributed by atoms with Crippen molar-refractivity contribution in [2.75, 3.05) is 12.0 Å². The summed E-state index contributed by atoms with van der Waals surface area (Å²) in [6.45, 7) is 1.44. The zero-order valence-corrected chi connectivity index (χ0v) is 12.9. The zero-order chi connectivity index (χ0) is 15.8. The first kappa shape index (κ1) is 17.2. The molecule has 0 aliphatic carbocycles. The lowest BCUT2D eigenvalue weighted by molar-refractivity contribution is -0.141. The normalized spacial score (nSPS) is 11.7. The molecule has 0 saturated heterocycles. The van der Waals surface area contributed by atoms with Gasteiger partial charge in [-0.3, -0.25) is 9.59 Å². The van der Waals surface area contributed by atoms with Gasteiger partial charge in [0.1, 0.15) is 6.04 Å². The van der Waals surface area contributed by atoms with Crippen LogP contribution in [0.2, 0.25) is 0 Å². The highest BCUT2D eigenvalue weighted by Gasteiger charge is 2.20. The Kier molecular flexibility index (Phi) is 6.94. The van der Waals surface area contributed by atoms with Crippen molar-refractivity contribution in [2.45, 2.75) is 25.8 Å². The van der Waals surface area contributed by atoms with Gasteiger partial charge in [0.25, 0.3) is 0 Å². The van der Waals surface area contributed by atoms with E-state index < -0.39 is 17.9 Å². The van der Waals surface area contributed by atoms with E-state index in [1.165, 1.54) is 18.7 Å². The molecule has 2 N–H and O–H groups in total. The lowest BCUT2D eigenvalue weighted by Crippen LogP contribution is -2.42. The van der Waals surface area contributed by atoms with E-state index >= 15 is 0 Å². The van der Waals surface area contributed by atoms with Gasteiger partial charge in [-0.05, 0) is 30.9 Å². The average Bonchev–Trinajstić information content (AvgIpc) is 2.43. The van der Waals surface area contributed by atoms with E-state index in [2.05, 4.69) is 5.32 Å². The van der Waals surface area contributed by atoms with E-state index in [-0.39, 0.29) is 12.2 Å². The third-order valence-corrected chi connectivity index (χ3v) is 3.64. The number of carbonyl (C=O) groups excluding carboxylic acids is 2. The number of ketones is 1. The number of amides is 1. The van der Waals surface area contributed by atoms with Crippen LogP contribution in [0.5, 0.6) is 0 Å². The minimum Gasteiger partial charge on any atom is -0.480 e. The summed E-state index contributed by atoms with van der Waals surface area (Å²) in [5, 5.41) is 11.6. The van der Waals surface area contributed by atoms with Crippen LogP contribution in [0.15, 0.2) is 24.3 Å². The number of hydrogen-bond acceptors (Lipinski definition) is 4. The maximum atomic E-state index is 12.0. The molecule has 0 fully saturated rings. The SMILES string of the molecule is CSCCC(NC(=O)Cc1ccccc1C(C)=O)C(=O)O. The largest absolute Gasteiger partial charge is 0.480 e. The Balaban J connectivity index is 2.72. The molecule has 0 heterocycles. The van der Waals surface area contributed by atoms with Gasteiger partial charge in [-0.2, -0.15) is 11.8 Å². The third-order valence-electron chi connectivity index (χ3n) is 2.99. The van der Waals surface area contributed by atoms with Gasteiger partial charge >= 0.3 is 5.97 Å². The van der Waals surface area contributed by atoms with Crippen LogP contribution in [-0.4, -0.2) is 40.8 Å². The van der Waals surface area contributed by atoms with E-state index in [0.717, 1.165) is 0 Å². The summed E-state index contributed by atoms with van der Waals surface area (Å²) in [4.78, 5) is 34.6. The topological polar surface area (TPSA) is 83.5 Å². The maximum Gasteiger partial charge on any atom is 0.326 e. The second-order valence-electron chi connectivity index (χ2n) is 4.63. The molecule has 1 unspecified atom stereocenters. The molecule has 114 valence electrons. The van der Waals surface area contributed by atoms with Crippen LogP contribution in [0, 0.1) is 0 Å². The molecule has 6 heteroatoms. The molecule has 0 radical (unpaired) electrons. The van der Waals surface area contributed by atoms with Crippen molar-refractivity contribution in [3.63, 3.8) is 0 Å². The predicted octanol–water partition coefficient (Wildman–Crippen LogP) is 1.75. The smallest absolute Gasteiger partial charge is 0.326 e. The number of benzene rings is 1. The summed E-state index contributed by atoms with van der Waals surface area (Å²) < 4.78 is 0. The molecule has 1 amide bonds. The van der Waals surface area contributed by atoms with Crippen LogP contribution in [-0.2, 0) is 16.0 Å². The molecule has 0 bridgehead atoms. The fourth-order valence-electron chi connectivity index (χ4n) is 1.93. The van der Waals surface area contributed by atoms with Crippen LogP contribution >= 0.6 is 11.8 Å². The molecule has 0 aliphatic heterocycles. The molecule has 21 heavy (non-hydrogen) atoms. The number of carboxylic acids is 1. The number of Topliss-reactive ketones (excluding diaryl/α,β-unsaturated/α-hetero) is 1. The highest BCUT2D eigenvalue weighted by atomic mass is 32.2. The molecule has 0 spiro atoms. The number of thioether (sulfide) groups is 1. The number of nitrogens with one attached hydrogen (secondary N) is 1. The number of carbonyl (C=O) groups is 3. The van der Waals surface area contributed by atoms with Gasteiger partial charge in [-0.25, -0.2) is 4.79 Å². The van der Waals surface area contributed by atoms with Crippen LogP contribution in [0.1, 0.15) is 29.3 Å². The Morgan fingerprint density at radius 1 is 1.29 bits per heavy atom. The Morgan fingerprint density at radius 2 is 1.95 bits per heavy atom. The van der Waals surface area contributed by atoms with E-state index in [4.69, 9.17) is 5.11 Å². The van der Waals surface area contributed by atoms with Gasteiger partial charge in [0, 0.05) is 5.56 Å². The van der Waals surface area contributed by atoms with E-state index in [0.29, 0.717) is 23.3 Å². The minimum atomic E-state index is -1.04. The summed E-state index contributed by atoms with van der Waals surface area (Å²) in [7, 11) is 0. The zero-order valence-electron chi connectivity index (χ0n) is 12.1. The van der Waals surface area contributed by atoms with Crippen LogP contribution < -0.4 is 5.32 Å². The number of hydrogen-bond donors (Lipinski definition) is 2. The Labute approximate surface area is 128 Å². The van der Waals surface area contributed by atoms with Gasteiger partial charge in [-0.15, -0.1) is 0 Å². The first-order valence-electron chi connectivity index (χ1n) is 6.55. The van der Waals surface area contributed by atoms with Crippen molar-refractivity contribution in [3.8, 4) is 0 Å². The fraction of sp³-hybridized carbons (Fsp3) is 0.400. The number of carboxylic acid groups (broad SMARTS) is 1. The Bertz CT molecular complexity index is 530. The standard InChI is InChI=1S/C15H19NO4S/c1-10(17)12-6-4-3-5-11(12)9-14(18)16-13(15(19)20)7-8-21-2/h3-6,13H,7-9H2,1-2H3,(H,16,18)(H,19,20). The van der Waals surface area contributed by atoms with Crippen molar-refractivity contribution >= 4 is 29.4 Å². The van der Waals surface area contributed by atoms with Crippen molar-refractivity contribution in [1.82, 2.24) is 5.32 Å². The van der Waals surface area contributed by atoms with Crippen molar-refractivity contribution in [3.05, 3.63) is 35.4 Å². The van der Waals surface area contributed by atoms with Crippen molar-refractivity contribution < 1.29 is 19.5 Å². The second kappa shape index (κ2) is 8.46. The highest BCUT2D eigenvalue weighted by molar-refractivity contribution is 7.98. The first-order chi connectivity index (χ1) is 9.95. The first-order valence-corrected chi connectivity index (χ1v) is 7.95. The molecule has 0 aliphatic rings. The molecule has 5 nitrogen and oxygen atoms in total. The van der Waals surface area contributed by atoms with Gasteiger partial charge in [0.15, 0.2) is 5.78 Å². The maximum absolute atomic E-state index is 12.0. The van der Waals surface area contributed by atoms with Gasteiger partial charge in [0.2, 0.25) is 5.91 Å². The molecule has 1 aromatic carbocycles. The Morgan fingerprint density at radius 3 is 2.52 bits per heavy atom. The van der Waals surface area contributed by atoms with Gasteiger partial charge < -0.3 is 10.4 Å². The average molecular weight is 309 g/mol. The van der Waals surface area contributed by atoms with Crippen LogP contribution in [0.3, 0.4) is 0 Å². The summed E-state index contributed by atoms with van der Waals surface area (Å²) in [6, 6.07) is 5.95. The van der Waals surface area contributed by atoms with Crippen molar-refractivity contribution in [2.24, 2.45) is 0 Å². The van der Waals surface area contributed by atoms with Crippen LogP contribution in [0.4, 0.5) is 0 Å². The highest BCUT2D eigenvalue weighted by Crippen LogP contribution is 2.11. The summed E-state index contributed by atoms with van der Waals surface area (Å²) >= 11 is 1.53. The molecule has 1 rings (SSSR count). The summed E-state index contributed by atoms with van der Waals surface area (Å²) in [5.74, 6) is -0.897. The van der Waals surface area contributed by atoms with Crippen molar-refractivity contribution in [1.29, 1.82) is 0 Å². The second-order valence-corrected chi connectivity index (χ2v) is 5.62. The molecule has 0 saturated carbocycles. The lowest BCUT2D eigenvalue weighted by atomic mass is 10.0. The minimum absolute atomic E-state index is 0.00119. The quantitative estimate of drug-likeness (QED) is 0.715. The number of rotatable bonds is 8. The Hall–Kier alpha value is -1.82. The molecular formula is C15H19NO4S. The molecular weight excluding hydrogens is 290 g/mol. The lowest BCUT2D eigenvalue weighted by Gasteiger charge is -2.14. The van der Waals surface area contributed by atoms with E-state index in [9.17, 15) is 14.4 Å². The summed E-state index contributed by atoms with van der Waals surface area (Å²) in [5.41, 5.74) is 1.10. The van der Waals surface area contributed by atoms with Gasteiger partial charge in [-0.1, -0.05) is 24.3 Å². The van der Waals surface area contributed by atoms with Gasteiger partial charge in [0.05, 0.1) is 6.42 Å². The molecule has 1 atom stereocenters. The molecule has 0 aromatic heterocycles. The molecule has 1 aromatic rings. The van der Waals surface area contributed by atoms with E-state index in [1.807, 2.05) is 6.26 Å². The monoisotopic (exact) mass is 309 g/mol. The fourth-order valence-corrected chi connectivity index (χ4v) is 2.40. The number of aliphatic carboxylic acids is 1.